The molecule has 1 fully saturated rings. The van der Waals surface area contributed by atoms with Crippen molar-refractivity contribution in [1.29, 1.82) is 0 Å². The van der Waals surface area contributed by atoms with Crippen molar-refractivity contribution in [2.75, 3.05) is 6.61 Å². The number of benzene rings is 2. The third-order valence-electron chi connectivity index (χ3n) is 5.67. The molecule has 0 saturated carbocycles. The Hall–Kier alpha value is -2.73. The largest absolute Gasteiger partial charge is 0.508 e. The Morgan fingerprint density at radius 2 is 1.55 bits per heavy atom. The summed E-state index contributed by atoms with van der Waals surface area (Å²) in [6, 6.07) is 8.13. The highest BCUT2D eigenvalue weighted by Crippen LogP contribution is 2.47. The molecule has 31 heavy (non-hydrogen) atoms. The highest BCUT2D eigenvalue weighted by Gasteiger charge is 2.48. The molecule has 2 heterocycles. The van der Waals surface area contributed by atoms with Crippen molar-refractivity contribution in [3.63, 3.8) is 0 Å². The van der Waals surface area contributed by atoms with Crippen LogP contribution in [0.2, 0.25) is 0 Å². The van der Waals surface area contributed by atoms with Gasteiger partial charge in [-0.25, -0.2) is 0 Å². The maximum Gasteiger partial charge on any atom is 0.211 e. The lowest BCUT2D eigenvalue weighted by atomic mass is 9.84. The third-order valence-corrected chi connectivity index (χ3v) is 5.67. The first-order valence-electron chi connectivity index (χ1n) is 9.58. The summed E-state index contributed by atoms with van der Waals surface area (Å²) >= 11 is 0. The van der Waals surface area contributed by atoms with Crippen molar-refractivity contribution in [3.05, 3.63) is 53.1 Å². The van der Waals surface area contributed by atoms with Gasteiger partial charge in [-0.15, -0.1) is 0 Å². The molecule has 3 unspecified atom stereocenters. The van der Waals surface area contributed by atoms with Crippen LogP contribution < -0.4 is 4.74 Å². The summed E-state index contributed by atoms with van der Waals surface area (Å²) in [6.07, 6.45) is -9.40. The molecule has 1 saturated heterocycles. The minimum absolute atomic E-state index is 0.00636. The monoisotopic (exact) mass is 434 g/mol. The molecule has 2 aliphatic rings. The van der Waals surface area contributed by atoms with E-state index in [1.807, 2.05) is 0 Å². The number of aromatic hydroxyl groups is 2. The second-order valence-corrected chi connectivity index (χ2v) is 7.57. The number of ketones is 1. The second-order valence-electron chi connectivity index (χ2n) is 7.57. The fraction of sp³-hybridized carbons (Fsp3) is 0.381. The molecule has 0 bridgehead atoms. The van der Waals surface area contributed by atoms with Crippen molar-refractivity contribution in [1.82, 2.24) is 0 Å². The van der Waals surface area contributed by atoms with Gasteiger partial charge in [0.2, 0.25) is 6.29 Å². The lowest BCUT2D eigenvalue weighted by Gasteiger charge is -2.41. The smallest absolute Gasteiger partial charge is 0.211 e. The van der Waals surface area contributed by atoms with Crippen LogP contribution in [0.25, 0.3) is 0 Å². The van der Waals surface area contributed by atoms with E-state index >= 15 is 0 Å². The summed E-state index contributed by atoms with van der Waals surface area (Å²) in [6.45, 7) is -0.678. The third kappa shape index (κ3) is 3.53. The number of carbonyl (C=O) groups is 1. The van der Waals surface area contributed by atoms with E-state index in [1.165, 1.54) is 36.4 Å². The number of fused-ring (bicyclic) bond motifs is 1. The molecule has 7 atom stereocenters. The fourth-order valence-corrected chi connectivity index (χ4v) is 4.01. The van der Waals surface area contributed by atoms with Gasteiger partial charge in [0.1, 0.15) is 53.7 Å². The number of carbonyl (C=O) groups excluding carboxylic acids is 1. The number of phenols is 2. The van der Waals surface area contributed by atoms with Gasteiger partial charge in [-0.3, -0.25) is 4.79 Å². The van der Waals surface area contributed by atoms with E-state index in [0.29, 0.717) is 5.56 Å². The summed E-state index contributed by atoms with van der Waals surface area (Å²) in [5, 5.41) is 70.4. The topological polar surface area (TPSA) is 177 Å². The number of hydrogen-bond donors (Lipinski definition) is 7. The van der Waals surface area contributed by atoms with E-state index in [-0.39, 0.29) is 22.6 Å². The molecule has 7 N–H and O–H groups in total. The van der Waals surface area contributed by atoms with Crippen LogP contribution in [-0.4, -0.2) is 78.8 Å². The van der Waals surface area contributed by atoms with E-state index in [9.17, 15) is 40.5 Å². The molecule has 0 aliphatic carbocycles. The summed E-state index contributed by atoms with van der Waals surface area (Å²) in [5.41, 5.74) is 0.183. The van der Waals surface area contributed by atoms with E-state index in [1.54, 1.807) is 0 Å². The Balaban J connectivity index is 1.77. The standard InChI is InChI=1S/C21H22O10/c22-7-12-16(26)17(27)18(28)20(30-12)14-11(24)6-5-10-15(25)13(21(29)31-19(10)14)8-1-3-9(23)4-2-8/h1-6,12-13,16-18,20-24,26-29H,7H2/t12-,13?,16-,17+,18-,20?,21?/m1/s1. The van der Waals surface area contributed by atoms with Crippen LogP contribution in [0.15, 0.2) is 36.4 Å². The molecular weight excluding hydrogens is 412 g/mol. The SMILES string of the molecule is O=C1c2ccc(O)c(C3O[C@H](CO)[C@@H](O)[C@H](O)[C@H]3O)c2OC(O)C1c1ccc(O)cc1. The van der Waals surface area contributed by atoms with Gasteiger partial charge in [0.05, 0.1) is 17.7 Å². The van der Waals surface area contributed by atoms with Gasteiger partial charge in [-0.1, -0.05) is 12.1 Å². The molecule has 2 aliphatic heterocycles. The van der Waals surface area contributed by atoms with Crippen molar-refractivity contribution in [2.45, 2.75) is 42.7 Å². The zero-order valence-corrected chi connectivity index (χ0v) is 16.1. The number of rotatable bonds is 3. The van der Waals surface area contributed by atoms with Crippen LogP contribution in [0, 0.1) is 0 Å². The van der Waals surface area contributed by atoms with Crippen LogP contribution in [-0.2, 0) is 4.74 Å². The van der Waals surface area contributed by atoms with Crippen molar-refractivity contribution in [3.8, 4) is 17.2 Å². The summed E-state index contributed by atoms with van der Waals surface area (Å²) in [7, 11) is 0. The molecular formula is C21H22O10. The van der Waals surface area contributed by atoms with Gasteiger partial charge in [-0.2, -0.15) is 0 Å². The first-order chi connectivity index (χ1) is 14.7. The van der Waals surface area contributed by atoms with E-state index in [0.717, 1.165) is 0 Å². The number of aliphatic hydroxyl groups is 5. The van der Waals surface area contributed by atoms with E-state index in [4.69, 9.17) is 9.47 Å². The van der Waals surface area contributed by atoms with Gasteiger partial charge in [-0.05, 0) is 29.8 Å². The molecule has 0 spiro atoms. The molecule has 10 nitrogen and oxygen atoms in total. The first-order valence-corrected chi connectivity index (χ1v) is 9.58. The summed E-state index contributed by atoms with van der Waals surface area (Å²) < 4.78 is 11.0. The van der Waals surface area contributed by atoms with Crippen molar-refractivity contribution >= 4 is 5.78 Å². The van der Waals surface area contributed by atoms with Crippen LogP contribution in [0.3, 0.4) is 0 Å². The zero-order chi connectivity index (χ0) is 22.4. The first kappa shape index (κ1) is 21.5. The summed E-state index contributed by atoms with van der Waals surface area (Å²) in [5.74, 6) is -2.34. The number of aliphatic hydroxyl groups excluding tert-OH is 5. The normalized spacial score (nSPS) is 32.9. The van der Waals surface area contributed by atoms with Crippen LogP contribution >= 0.6 is 0 Å². The van der Waals surface area contributed by atoms with E-state index in [2.05, 4.69) is 0 Å². The number of phenolic OH excluding ortho intramolecular Hbond substituents is 2. The second kappa shape index (κ2) is 8.08. The maximum atomic E-state index is 13.2. The predicted molar refractivity (Wildman–Crippen MR) is 103 cm³/mol. The van der Waals surface area contributed by atoms with Gasteiger partial charge in [0.25, 0.3) is 0 Å². The van der Waals surface area contributed by atoms with Crippen molar-refractivity contribution in [2.24, 2.45) is 0 Å². The quantitative estimate of drug-likeness (QED) is 0.326. The highest BCUT2D eigenvalue weighted by atomic mass is 16.6. The minimum atomic E-state index is -1.72. The maximum absolute atomic E-state index is 13.2. The molecule has 2 aromatic rings. The average Bonchev–Trinajstić information content (AvgIpc) is 2.74. The van der Waals surface area contributed by atoms with Gasteiger partial charge in [0.15, 0.2) is 5.78 Å². The fourth-order valence-electron chi connectivity index (χ4n) is 4.01. The lowest BCUT2D eigenvalue weighted by molar-refractivity contribution is -0.232. The van der Waals surface area contributed by atoms with Gasteiger partial charge < -0.3 is 45.2 Å². The Kier molecular flexibility index (Phi) is 5.60. The Morgan fingerprint density at radius 1 is 0.871 bits per heavy atom. The number of ether oxygens (including phenoxy) is 2. The molecule has 0 radical (unpaired) electrons. The Labute approximate surface area is 176 Å². The Morgan fingerprint density at radius 3 is 2.19 bits per heavy atom. The molecule has 166 valence electrons. The van der Waals surface area contributed by atoms with Crippen molar-refractivity contribution < 1.29 is 50.0 Å². The zero-order valence-electron chi connectivity index (χ0n) is 16.1. The van der Waals surface area contributed by atoms with Crippen LogP contribution in [0.1, 0.15) is 33.5 Å². The molecule has 10 heteroatoms. The van der Waals surface area contributed by atoms with E-state index < -0.39 is 60.9 Å². The predicted octanol–water partition coefficient (Wildman–Crippen LogP) is -0.710. The van der Waals surface area contributed by atoms with Gasteiger partial charge in [0, 0.05) is 0 Å². The van der Waals surface area contributed by atoms with Crippen LogP contribution in [0.5, 0.6) is 17.2 Å². The van der Waals surface area contributed by atoms with Gasteiger partial charge >= 0.3 is 0 Å². The highest BCUT2D eigenvalue weighted by molar-refractivity contribution is 6.05. The lowest BCUT2D eigenvalue weighted by Crippen LogP contribution is -2.55. The Bertz CT molecular complexity index is 973. The molecule has 2 aromatic carbocycles. The summed E-state index contributed by atoms with van der Waals surface area (Å²) in [4.78, 5) is 13.2. The molecule has 0 aromatic heterocycles. The molecule has 0 amide bonds. The van der Waals surface area contributed by atoms with Crippen LogP contribution in [0.4, 0.5) is 0 Å². The molecule has 4 rings (SSSR count). The number of Topliss-reactive ketones (excluding diaryl/α,β-unsaturated/α-hetero) is 1. The minimum Gasteiger partial charge on any atom is -0.508 e. The number of hydrogen-bond acceptors (Lipinski definition) is 10. The average molecular weight is 434 g/mol.